The summed E-state index contributed by atoms with van der Waals surface area (Å²) in [4.78, 5) is 23.7. The first-order valence-electron chi connectivity index (χ1n) is 13.4. The maximum absolute atomic E-state index is 12.6. The summed E-state index contributed by atoms with van der Waals surface area (Å²) in [5.74, 6) is 0.537. The van der Waals surface area contributed by atoms with Gasteiger partial charge in [-0.2, -0.15) is 5.10 Å². The number of carbonyl (C=O) groups is 2. The number of amides is 2. The number of carbonyl (C=O) groups excluding carboxylic acids is 2. The van der Waals surface area contributed by atoms with E-state index in [9.17, 15) is 14.7 Å². The quantitative estimate of drug-likeness (QED) is 0.181. The van der Waals surface area contributed by atoms with Crippen molar-refractivity contribution in [1.29, 1.82) is 0 Å². The summed E-state index contributed by atoms with van der Waals surface area (Å²) in [5.41, 5.74) is 3.62. The normalized spacial score (nSPS) is 15.4. The van der Waals surface area contributed by atoms with Crippen molar-refractivity contribution < 1.29 is 14.7 Å². The van der Waals surface area contributed by atoms with Gasteiger partial charge in [0.25, 0.3) is 0 Å². The summed E-state index contributed by atoms with van der Waals surface area (Å²) in [6, 6.07) is 11.4. The van der Waals surface area contributed by atoms with Crippen LogP contribution in [-0.4, -0.2) is 43.5 Å². The molecular weight excluding hydrogens is 526 g/mol. The number of hydrogen-bond donors (Lipinski definition) is 4. The SMILES string of the molecule is CC(=O)Nc1ccc(CCCCc2nnc(NC(=O)Cc3cccc(CNC(O)C4=CC(C)CC=C4)c3)s2)nn1. The Hall–Kier alpha value is -3.80. The first-order chi connectivity index (χ1) is 19.3. The lowest BCUT2D eigenvalue weighted by molar-refractivity contribution is -0.116. The average molecular weight is 562 g/mol. The second-order valence-electron chi connectivity index (χ2n) is 9.91. The number of nitrogens with zero attached hydrogens (tertiary/aromatic N) is 4. The Kier molecular flexibility index (Phi) is 10.6. The van der Waals surface area contributed by atoms with Crippen LogP contribution < -0.4 is 16.0 Å². The van der Waals surface area contributed by atoms with Gasteiger partial charge < -0.3 is 15.7 Å². The number of aliphatic hydroxyl groups is 1. The standard InChI is InChI=1S/C29H35N7O3S/c1-19-7-5-10-23(15-19)28(39)30-18-22-9-6-8-21(16-22)17-26(38)32-29-36-35-27(40-29)12-4-3-11-24-13-14-25(34-33-24)31-20(2)37/h5-6,8-10,13-16,19,28,30,39H,3-4,7,11-12,17-18H2,1-2H3,(H,31,34,37)(H,32,36,38). The van der Waals surface area contributed by atoms with Crippen LogP contribution in [0.3, 0.4) is 0 Å². The molecule has 1 aliphatic carbocycles. The Morgan fingerprint density at radius 3 is 2.65 bits per heavy atom. The number of allylic oxidation sites excluding steroid dienone is 2. The minimum atomic E-state index is -0.728. The van der Waals surface area contributed by atoms with Crippen LogP contribution >= 0.6 is 11.3 Å². The fourth-order valence-corrected chi connectivity index (χ4v) is 5.11. The number of benzene rings is 1. The molecule has 3 aromatic rings. The van der Waals surface area contributed by atoms with Crippen LogP contribution in [0.4, 0.5) is 10.9 Å². The topological polar surface area (TPSA) is 142 Å². The molecule has 2 atom stereocenters. The highest BCUT2D eigenvalue weighted by Gasteiger charge is 2.13. The van der Waals surface area contributed by atoms with Crippen LogP contribution in [0, 0.1) is 5.92 Å². The minimum absolute atomic E-state index is 0.152. The zero-order chi connectivity index (χ0) is 28.3. The smallest absolute Gasteiger partial charge is 0.230 e. The van der Waals surface area contributed by atoms with E-state index in [-0.39, 0.29) is 18.2 Å². The molecule has 40 heavy (non-hydrogen) atoms. The lowest BCUT2D eigenvalue weighted by atomic mass is 9.97. The number of unbranched alkanes of at least 4 members (excludes halogenated alkanes) is 1. The first kappa shape index (κ1) is 29.2. The highest BCUT2D eigenvalue weighted by atomic mass is 32.1. The van der Waals surface area contributed by atoms with E-state index in [1.165, 1.54) is 18.3 Å². The van der Waals surface area contributed by atoms with Crippen molar-refractivity contribution in [2.75, 3.05) is 10.6 Å². The highest BCUT2D eigenvalue weighted by molar-refractivity contribution is 7.15. The van der Waals surface area contributed by atoms with E-state index in [2.05, 4.69) is 55.4 Å². The van der Waals surface area contributed by atoms with Crippen molar-refractivity contribution in [3.63, 3.8) is 0 Å². The Labute approximate surface area is 238 Å². The van der Waals surface area contributed by atoms with Crippen LogP contribution in [0.15, 0.2) is 60.2 Å². The number of rotatable bonds is 13. The van der Waals surface area contributed by atoms with Crippen LogP contribution in [0.25, 0.3) is 0 Å². The van der Waals surface area contributed by atoms with Gasteiger partial charge in [-0.15, -0.1) is 15.3 Å². The Balaban J connectivity index is 1.17. The molecule has 4 N–H and O–H groups in total. The lowest BCUT2D eigenvalue weighted by Crippen LogP contribution is -2.30. The van der Waals surface area contributed by atoms with Gasteiger partial charge >= 0.3 is 0 Å². The van der Waals surface area contributed by atoms with E-state index in [1.807, 2.05) is 36.4 Å². The monoisotopic (exact) mass is 561 g/mol. The predicted molar refractivity (Wildman–Crippen MR) is 156 cm³/mol. The zero-order valence-corrected chi connectivity index (χ0v) is 23.6. The maximum atomic E-state index is 12.6. The van der Waals surface area contributed by atoms with Gasteiger partial charge in [0, 0.05) is 19.9 Å². The molecular formula is C29H35N7O3S. The van der Waals surface area contributed by atoms with Gasteiger partial charge in [0.15, 0.2) is 5.82 Å². The van der Waals surface area contributed by atoms with Crippen molar-refractivity contribution in [3.8, 4) is 0 Å². The molecule has 1 aromatic carbocycles. The second-order valence-corrected chi connectivity index (χ2v) is 11.0. The third-order valence-corrected chi connectivity index (χ3v) is 7.18. The van der Waals surface area contributed by atoms with Crippen molar-refractivity contribution in [1.82, 2.24) is 25.7 Å². The summed E-state index contributed by atoms with van der Waals surface area (Å²) in [6.07, 6.45) is 9.97. The van der Waals surface area contributed by atoms with Gasteiger partial charge in [0.2, 0.25) is 16.9 Å². The molecule has 0 saturated carbocycles. The van der Waals surface area contributed by atoms with Crippen molar-refractivity contribution in [3.05, 3.63) is 82.0 Å². The fraction of sp³-hybridized carbons (Fsp3) is 0.379. The number of nitrogens with one attached hydrogen (secondary N) is 3. The number of hydrogen-bond acceptors (Lipinski definition) is 9. The molecule has 1 aliphatic rings. The van der Waals surface area contributed by atoms with Gasteiger partial charge in [0.1, 0.15) is 11.2 Å². The fourth-order valence-electron chi connectivity index (χ4n) is 4.31. The van der Waals surface area contributed by atoms with Gasteiger partial charge in [-0.25, -0.2) is 0 Å². The van der Waals surface area contributed by atoms with Gasteiger partial charge in [-0.3, -0.25) is 14.9 Å². The summed E-state index contributed by atoms with van der Waals surface area (Å²) >= 11 is 1.38. The molecule has 2 aromatic heterocycles. The lowest BCUT2D eigenvalue weighted by Gasteiger charge is -2.19. The van der Waals surface area contributed by atoms with E-state index in [4.69, 9.17) is 0 Å². The molecule has 4 rings (SSSR count). The number of anilines is 2. The molecule has 0 aliphatic heterocycles. The zero-order valence-electron chi connectivity index (χ0n) is 22.8. The van der Waals surface area contributed by atoms with Gasteiger partial charge in [-0.1, -0.05) is 60.8 Å². The molecule has 0 saturated heterocycles. The van der Waals surface area contributed by atoms with E-state index in [0.29, 0.717) is 23.4 Å². The first-order valence-corrected chi connectivity index (χ1v) is 14.3. The third kappa shape index (κ3) is 9.44. The summed E-state index contributed by atoms with van der Waals surface area (Å²) in [6.45, 7) is 4.05. The summed E-state index contributed by atoms with van der Waals surface area (Å²) in [5, 5.41) is 36.9. The average Bonchev–Trinajstić information content (AvgIpc) is 3.37. The number of aromatic nitrogens is 4. The molecule has 0 spiro atoms. The van der Waals surface area contributed by atoms with Crippen LogP contribution in [0.1, 0.15) is 54.9 Å². The van der Waals surface area contributed by atoms with Crippen LogP contribution in [-0.2, 0) is 35.4 Å². The minimum Gasteiger partial charge on any atom is -0.374 e. The summed E-state index contributed by atoms with van der Waals surface area (Å²) < 4.78 is 0. The van der Waals surface area contributed by atoms with Crippen molar-refractivity contribution in [2.24, 2.45) is 5.92 Å². The van der Waals surface area contributed by atoms with Gasteiger partial charge in [0.05, 0.1) is 12.1 Å². The third-order valence-electron chi connectivity index (χ3n) is 6.28. The Bertz CT molecular complexity index is 1350. The largest absolute Gasteiger partial charge is 0.374 e. The van der Waals surface area contributed by atoms with E-state index < -0.39 is 6.23 Å². The van der Waals surface area contributed by atoms with Crippen LogP contribution in [0.5, 0.6) is 0 Å². The van der Waals surface area contributed by atoms with E-state index in [0.717, 1.165) is 59.5 Å². The Morgan fingerprint density at radius 1 is 1.05 bits per heavy atom. The molecule has 2 unspecified atom stereocenters. The highest BCUT2D eigenvalue weighted by Crippen LogP contribution is 2.19. The molecule has 0 bridgehead atoms. The number of aliphatic hydroxyl groups excluding tert-OH is 1. The van der Waals surface area contributed by atoms with Crippen LogP contribution in [0.2, 0.25) is 0 Å². The summed E-state index contributed by atoms with van der Waals surface area (Å²) in [7, 11) is 0. The molecule has 2 amide bonds. The molecule has 11 heteroatoms. The molecule has 210 valence electrons. The molecule has 10 nitrogen and oxygen atoms in total. The maximum Gasteiger partial charge on any atom is 0.230 e. The molecule has 0 fully saturated rings. The predicted octanol–water partition coefficient (Wildman–Crippen LogP) is 3.96. The van der Waals surface area contributed by atoms with Crippen molar-refractivity contribution in [2.45, 2.75) is 65.1 Å². The van der Waals surface area contributed by atoms with Crippen molar-refractivity contribution >= 4 is 34.1 Å². The second kappa shape index (κ2) is 14.5. The molecule has 2 heterocycles. The van der Waals surface area contributed by atoms with E-state index in [1.54, 1.807) is 6.07 Å². The Morgan fingerprint density at radius 2 is 1.88 bits per heavy atom. The molecule has 0 radical (unpaired) electrons. The van der Waals surface area contributed by atoms with E-state index >= 15 is 0 Å². The van der Waals surface area contributed by atoms with Gasteiger partial charge in [-0.05, 0) is 60.4 Å². The number of aryl methyl sites for hydroxylation is 2.